The molecule has 0 amide bonds. The van der Waals surface area contributed by atoms with E-state index in [9.17, 15) is 9.90 Å². The van der Waals surface area contributed by atoms with Crippen LogP contribution in [-0.4, -0.2) is 59.6 Å². The van der Waals surface area contributed by atoms with E-state index in [2.05, 4.69) is 70.5 Å². The first-order valence-corrected chi connectivity index (χ1v) is 15.4. The van der Waals surface area contributed by atoms with E-state index >= 15 is 0 Å². The van der Waals surface area contributed by atoms with Crippen LogP contribution in [0, 0.1) is 17.8 Å². The number of nitrogens with zero attached hydrogens (tertiary/aromatic N) is 2. The fourth-order valence-corrected chi connectivity index (χ4v) is 7.60. The molecule has 2 aliphatic heterocycles. The lowest BCUT2D eigenvalue weighted by Crippen LogP contribution is -2.42. The van der Waals surface area contributed by atoms with Crippen LogP contribution in [0.3, 0.4) is 0 Å². The van der Waals surface area contributed by atoms with Gasteiger partial charge in [-0.05, 0) is 74.1 Å². The van der Waals surface area contributed by atoms with Gasteiger partial charge in [0, 0.05) is 25.6 Å². The summed E-state index contributed by atoms with van der Waals surface area (Å²) in [4.78, 5) is 17.5. The lowest BCUT2D eigenvalue weighted by Gasteiger charge is -2.35. The third-order valence-corrected chi connectivity index (χ3v) is 9.82. The summed E-state index contributed by atoms with van der Waals surface area (Å²) in [6.07, 6.45) is 13.6. The van der Waals surface area contributed by atoms with Crippen LogP contribution >= 0.6 is 0 Å². The molecule has 0 radical (unpaired) electrons. The van der Waals surface area contributed by atoms with Crippen molar-refractivity contribution in [3.8, 4) is 0 Å². The second-order valence-electron chi connectivity index (χ2n) is 12.4. The van der Waals surface area contributed by atoms with E-state index in [0.717, 1.165) is 32.0 Å². The van der Waals surface area contributed by atoms with Crippen molar-refractivity contribution < 1.29 is 9.90 Å². The van der Waals surface area contributed by atoms with Gasteiger partial charge in [0.05, 0.1) is 0 Å². The van der Waals surface area contributed by atoms with E-state index in [0.29, 0.717) is 17.8 Å². The van der Waals surface area contributed by atoms with Crippen LogP contribution in [0.4, 0.5) is 0 Å². The molecule has 5 rings (SSSR count). The van der Waals surface area contributed by atoms with Gasteiger partial charge in [0.25, 0.3) is 0 Å². The molecule has 206 valence electrons. The highest BCUT2D eigenvalue weighted by molar-refractivity contribution is 5.73. The van der Waals surface area contributed by atoms with E-state index in [4.69, 9.17) is 0 Å². The standard InChI is InChI=1S/C34H48N2O2/c37-34(38)33(23-29-13-6-2-7-14-29)36-25-31(32(26-36)30-17-8-3-9-18-30)24-35-21-19-28(20-22-35)16-10-15-27-11-4-1-5-12-27/h1,3-5,8-9,11-12,17-18,28-29,31-33H,2,6-7,10,13-16,19-26H2,(H,37,38). The Morgan fingerprint density at radius 1 is 0.842 bits per heavy atom. The van der Waals surface area contributed by atoms with Crippen molar-refractivity contribution in [2.24, 2.45) is 17.8 Å². The maximum atomic E-state index is 12.5. The van der Waals surface area contributed by atoms with Crippen LogP contribution in [-0.2, 0) is 11.2 Å². The molecule has 0 spiro atoms. The zero-order valence-electron chi connectivity index (χ0n) is 23.2. The van der Waals surface area contributed by atoms with Gasteiger partial charge in [-0.15, -0.1) is 0 Å². The topological polar surface area (TPSA) is 43.8 Å². The number of aryl methyl sites for hydroxylation is 1. The summed E-state index contributed by atoms with van der Waals surface area (Å²) in [5.74, 6) is 1.75. The number of piperidine rings is 1. The number of rotatable bonds is 11. The molecule has 4 nitrogen and oxygen atoms in total. The monoisotopic (exact) mass is 516 g/mol. The highest BCUT2D eigenvalue weighted by atomic mass is 16.4. The third-order valence-electron chi connectivity index (χ3n) is 9.82. The Labute approximate surface area is 230 Å². The van der Waals surface area contributed by atoms with Crippen molar-refractivity contribution >= 4 is 5.97 Å². The smallest absolute Gasteiger partial charge is 0.320 e. The van der Waals surface area contributed by atoms with Crippen LogP contribution in [0.25, 0.3) is 0 Å². The Kier molecular flexibility index (Phi) is 9.92. The summed E-state index contributed by atoms with van der Waals surface area (Å²) in [6, 6.07) is 21.5. The average molecular weight is 517 g/mol. The van der Waals surface area contributed by atoms with Crippen LogP contribution in [0.1, 0.15) is 81.3 Å². The van der Waals surface area contributed by atoms with E-state index < -0.39 is 5.97 Å². The molecule has 2 saturated heterocycles. The SMILES string of the molecule is O=C(O)C(CC1CCCCC1)N1CC(CN2CCC(CCCc3ccccc3)CC2)C(c2ccccc2)C1. The van der Waals surface area contributed by atoms with Crippen molar-refractivity contribution in [3.63, 3.8) is 0 Å². The molecule has 3 unspecified atom stereocenters. The summed E-state index contributed by atoms with van der Waals surface area (Å²) >= 11 is 0. The summed E-state index contributed by atoms with van der Waals surface area (Å²) < 4.78 is 0. The minimum Gasteiger partial charge on any atom is -0.480 e. The molecule has 2 heterocycles. The third kappa shape index (κ3) is 7.48. The minimum absolute atomic E-state index is 0.329. The first-order chi connectivity index (χ1) is 18.7. The zero-order valence-corrected chi connectivity index (χ0v) is 23.2. The molecule has 0 bridgehead atoms. The fraction of sp³-hybridized carbons (Fsp3) is 0.618. The van der Waals surface area contributed by atoms with Crippen molar-refractivity contribution in [1.29, 1.82) is 0 Å². The molecule has 2 aromatic rings. The lowest BCUT2D eigenvalue weighted by atomic mass is 9.84. The normalized spacial score (nSPS) is 24.9. The number of carboxylic acids is 1. The lowest BCUT2D eigenvalue weighted by molar-refractivity contribution is -0.143. The molecule has 2 aromatic carbocycles. The number of carbonyl (C=O) groups is 1. The summed E-state index contributed by atoms with van der Waals surface area (Å²) in [5, 5.41) is 10.2. The minimum atomic E-state index is -0.612. The van der Waals surface area contributed by atoms with Crippen LogP contribution < -0.4 is 0 Å². The van der Waals surface area contributed by atoms with Crippen LogP contribution in [0.15, 0.2) is 60.7 Å². The largest absolute Gasteiger partial charge is 0.480 e. The fourth-order valence-electron chi connectivity index (χ4n) is 7.60. The molecule has 3 fully saturated rings. The van der Waals surface area contributed by atoms with Crippen molar-refractivity contribution in [1.82, 2.24) is 9.80 Å². The Balaban J connectivity index is 1.16. The predicted octanol–water partition coefficient (Wildman–Crippen LogP) is 6.86. The van der Waals surface area contributed by atoms with Gasteiger partial charge in [0.15, 0.2) is 0 Å². The Morgan fingerprint density at radius 2 is 1.53 bits per heavy atom. The summed E-state index contributed by atoms with van der Waals surface area (Å²) in [6.45, 7) is 5.29. The molecule has 3 aliphatic rings. The summed E-state index contributed by atoms with van der Waals surface area (Å²) in [5.41, 5.74) is 2.85. The zero-order chi connectivity index (χ0) is 26.2. The summed E-state index contributed by atoms with van der Waals surface area (Å²) in [7, 11) is 0. The molecule has 1 aliphatic carbocycles. The number of aliphatic carboxylic acids is 1. The molecule has 1 saturated carbocycles. The van der Waals surface area contributed by atoms with Gasteiger partial charge in [-0.2, -0.15) is 0 Å². The van der Waals surface area contributed by atoms with Crippen molar-refractivity contribution in [2.75, 3.05) is 32.7 Å². The average Bonchev–Trinajstić information content (AvgIpc) is 3.37. The second-order valence-corrected chi connectivity index (χ2v) is 12.4. The number of hydrogen-bond donors (Lipinski definition) is 1. The van der Waals surface area contributed by atoms with Gasteiger partial charge >= 0.3 is 5.97 Å². The highest BCUT2D eigenvalue weighted by Gasteiger charge is 2.41. The quantitative estimate of drug-likeness (QED) is 0.354. The number of hydrogen-bond acceptors (Lipinski definition) is 3. The van der Waals surface area contributed by atoms with Gasteiger partial charge < -0.3 is 10.0 Å². The van der Waals surface area contributed by atoms with Crippen LogP contribution in [0.2, 0.25) is 0 Å². The van der Waals surface area contributed by atoms with E-state index in [1.54, 1.807) is 0 Å². The predicted molar refractivity (Wildman–Crippen MR) is 155 cm³/mol. The van der Waals surface area contributed by atoms with Gasteiger partial charge in [-0.3, -0.25) is 9.69 Å². The van der Waals surface area contributed by atoms with Gasteiger partial charge in [-0.25, -0.2) is 0 Å². The van der Waals surface area contributed by atoms with Crippen molar-refractivity contribution in [2.45, 2.75) is 82.6 Å². The van der Waals surface area contributed by atoms with E-state index in [1.807, 2.05) is 0 Å². The maximum Gasteiger partial charge on any atom is 0.320 e. The van der Waals surface area contributed by atoms with E-state index in [-0.39, 0.29) is 6.04 Å². The molecule has 38 heavy (non-hydrogen) atoms. The molecule has 3 atom stereocenters. The molecule has 0 aromatic heterocycles. The second kappa shape index (κ2) is 13.8. The van der Waals surface area contributed by atoms with Gasteiger partial charge in [0.1, 0.15) is 6.04 Å². The Hall–Kier alpha value is -2.17. The Morgan fingerprint density at radius 3 is 2.21 bits per heavy atom. The van der Waals surface area contributed by atoms with Gasteiger partial charge in [-0.1, -0.05) is 99.2 Å². The Bertz CT molecular complexity index is 966. The van der Waals surface area contributed by atoms with Crippen molar-refractivity contribution in [3.05, 3.63) is 71.8 Å². The number of benzene rings is 2. The molecular weight excluding hydrogens is 468 g/mol. The maximum absolute atomic E-state index is 12.5. The highest BCUT2D eigenvalue weighted by Crippen LogP contribution is 2.37. The molecule has 4 heteroatoms. The van der Waals surface area contributed by atoms with Crippen LogP contribution in [0.5, 0.6) is 0 Å². The molecule has 1 N–H and O–H groups in total. The van der Waals surface area contributed by atoms with Gasteiger partial charge in [0.2, 0.25) is 0 Å². The first-order valence-electron chi connectivity index (χ1n) is 15.4. The first kappa shape index (κ1) is 27.4. The molecular formula is C34H48N2O2. The number of likely N-dealkylation sites (tertiary alicyclic amines) is 2. The number of carboxylic acid groups (broad SMARTS) is 1. The van der Waals surface area contributed by atoms with E-state index in [1.165, 1.54) is 88.4 Å².